The second kappa shape index (κ2) is 9.71. The Kier molecular flexibility index (Phi) is 8.44. The van der Waals surface area contributed by atoms with Crippen LogP contribution in [-0.4, -0.2) is 27.9 Å². The second-order valence-corrected chi connectivity index (χ2v) is 5.84. The maximum atomic E-state index is 4.44. The molecule has 98 valence electrons. The van der Waals surface area contributed by atoms with Crippen molar-refractivity contribution in [3.8, 4) is 0 Å². The first-order chi connectivity index (χ1) is 8.36. The summed E-state index contributed by atoms with van der Waals surface area (Å²) in [6, 6.07) is 0. The van der Waals surface area contributed by atoms with Gasteiger partial charge < -0.3 is 5.32 Å². The molecule has 5 heteroatoms. The number of aromatic nitrogens is 2. The van der Waals surface area contributed by atoms with Crippen LogP contribution in [-0.2, 0) is 6.42 Å². The topological polar surface area (TPSA) is 37.8 Å². The number of nitrogens with zero attached hydrogens (tertiary/aromatic N) is 2. The molecule has 0 unspecified atom stereocenters. The summed E-state index contributed by atoms with van der Waals surface area (Å²) in [5.41, 5.74) is 0. The number of nitrogens with one attached hydrogen (secondary N) is 1. The molecule has 0 amide bonds. The zero-order valence-corrected chi connectivity index (χ0v) is 12.5. The molecule has 0 saturated heterocycles. The Morgan fingerprint density at radius 2 is 2.06 bits per heavy atom. The number of hydrogen-bond acceptors (Lipinski definition) is 5. The first kappa shape index (κ1) is 14.8. The third kappa shape index (κ3) is 6.88. The van der Waals surface area contributed by atoms with Crippen molar-refractivity contribution in [1.29, 1.82) is 0 Å². The van der Waals surface area contributed by atoms with E-state index in [-0.39, 0.29) is 0 Å². The lowest BCUT2D eigenvalue weighted by atomic mass is 10.2. The summed E-state index contributed by atoms with van der Waals surface area (Å²) in [6.45, 7) is 3.18. The molecular weight excluding hydrogens is 250 g/mol. The zero-order valence-electron chi connectivity index (χ0n) is 10.9. The van der Waals surface area contributed by atoms with Crippen LogP contribution in [0.5, 0.6) is 0 Å². The van der Waals surface area contributed by atoms with E-state index in [0.29, 0.717) is 0 Å². The quantitative estimate of drug-likeness (QED) is 0.658. The van der Waals surface area contributed by atoms with Gasteiger partial charge in [-0.15, -0.1) is 0 Å². The predicted molar refractivity (Wildman–Crippen MR) is 79.2 cm³/mol. The molecule has 0 fully saturated rings. The van der Waals surface area contributed by atoms with Gasteiger partial charge in [-0.25, -0.2) is 4.98 Å². The number of aryl methyl sites for hydroxylation is 1. The molecule has 0 bridgehead atoms. The number of anilines is 1. The van der Waals surface area contributed by atoms with Crippen LogP contribution in [0, 0.1) is 0 Å². The highest BCUT2D eigenvalue weighted by Crippen LogP contribution is 2.12. The molecule has 0 spiro atoms. The molecule has 1 heterocycles. The van der Waals surface area contributed by atoms with Gasteiger partial charge in [0.15, 0.2) is 0 Å². The van der Waals surface area contributed by atoms with Crippen LogP contribution >= 0.6 is 23.3 Å². The van der Waals surface area contributed by atoms with E-state index < -0.39 is 0 Å². The van der Waals surface area contributed by atoms with E-state index in [1.807, 2.05) is 11.8 Å². The van der Waals surface area contributed by atoms with Crippen LogP contribution in [0.1, 0.15) is 44.9 Å². The summed E-state index contributed by atoms with van der Waals surface area (Å²) < 4.78 is 4.31. The molecule has 1 aromatic heterocycles. The Morgan fingerprint density at radius 3 is 2.82 bits per heavy atom. The summed E-state index contributed by atoms with van der Waals surface area (Å²) in [6.07, 6.45) is 9.52. The van der Waals surface area contributed by atoms with Gasteiger partial charge in [-0.3, -0.25) is 0 Å². The lowest BCUT2D eigenvalue weighted by Crippen LogP contribution is -2.01. The molecule has 0 aliphatic carbocycles. The predicted octanol–water partition coefficient (Wildman–Crippen LogP) is 3.83. The van der Waals surface area contributed by atoms with Crippen LogP contribution in [0.4, 0.5) is 5.13 Å². The smallest absolute Gasteiger partial charge is 0.202 e. The van der Waals surface area contributed by atoms with Crippen molar-refractivity contribution in [2.75, 3.05) is 23.9 Å². The van der Waals surface area contributed by atoms with E-state index in [2.05, 4.69) is 27.9 Å². The molecule has 0 aliphatic rings. The molecule has 0 aromatic carbocycles. The van der Waals surface area contributed by atoms with Crippen molar-refractivity contribution in [3.63, 3.8) is 0 Å². The van der Waals surface area contributed by atoms with Gasteiger partial charge >= 0.3 is 0 Å². The Bertz CT molecular complexity index is 289. The van der Waals surface area contributed by atoms with Gasteiger partial charge in [0.1, 0.15) is 5.82 Å². The molecule has 0 atom stereocenters. The van der Waals surface area contributed by atoms with E-state index in [9.17, 15) is 0 Å². The average molecular weight is 273 g/mol. The summed E-state index contributed by atoms with van der Waals surface area (Å²) in [7, 11) is 0. The largest absolute Gasteiger partial charge is 0.360 e. The van der Waals surface area contributed by atoms with E-state index in [1.165, 1.54) is 43.0 Å². The Morgan fingerprint density at radius 1 is 1.24 bits per heavy atom. The fraction of sp³-hybridized carbons (Fsp3) is 0.833. The minimum atomic E-state index is 0.984. The minimum Gasteiger partial charge on any atom is -0.360 e. The highest BCUT2D eigenvalue weighted by molar-refractivity contribution is 7.98. The Hall–Kier alpha value is -0.290. The summed E-state index contributed by atoms with van der Waals surface area (Å²) in [5, 5.41) is 4.34. The van der Waals surface area contributed by atoms with E-state index in [4.69, 9.17) is 0 Å². The van der Waals surface area contributed by atoms with Gasteiger partial charge in [0, 0.05) is 24.5 Å². The standard InChI is InChI=1S/C12H23N3S2/c1-3-8-11-14-12(17-15-11)13-9-6-4-5-7-10-16-2/h3-10H2,1-2H3,(H,13,14,15). The normalized spacial score (nSPS) is 10.7. The van der Waals surface area contributed by atoms with Crippen molar-refractivity contribution in [3.05, 3.63) is 5.82 Å². The summed E-state index contributed by atoms with van der Waals surface area (Å²) in [5.74, 6) is 2.28. The average Bonchev–Trinajstić information content (AvgIpc) is 2.76. The highest BCUT2D eigenvalue weighted by atomic mass is 32.2. The maximum absolute atomic E-state index is 4.44. The Balaban J connectivity index is 2.01. The monoisotopic (exact) mass is 273 g/mol. The number of thioether (sulfide) groups is 1. The molecule has 1 rings (SSSR count). The molecule has 17 heavy (non-hydrogen) atoms. The second-order valence-electron chi connectivity index (χ2n) is 4.10. The van der Waals surface area contributed by atoms with Crippen LogP contribution in [0.25, 0.3) is 0 Å². The number of hydrogen-bond donors (Lipinski definition) is 1. The third-order valence-corrected chi connectivity index (χ3v) is 3.90. The van der Waals surface area contributed by atoms with E-state index in [1.54, 1.807) is 0 Å². The van der Waals surface area contributed by atoms with Crippen LogP contribution in [0.2, 0.25) is 0 Å². The summed E-state index contributed by atoms with van der Waals surface area (Å²) >= 11 is 3.42. The number of rotatable bonds is 10. The van der Waals surface area contributed by atoms with Crippen LogP contribution < -0.4 is 5.32 Å². The fourth-order valence-corrected chi connectivity index (χ4v) is 2.70. The van der Waals surface area contributed by atoms with Gasteiger partial charge in [0.05, 0.1) is 0 Å². The van der Waals surface area contributed by atoms with Gasteiger partial charge in [0.25, 0.3) is 0 Å². The van der Waals surface area contributed by atoms with E-state index in [0.717, 1.165) is 30.3 Å². The molecule has 0 saturated carbocycles. The van der Waals surface area contributed by atoms with Crippen molar-refractivity contribution in [1.82, 2.24) is 9.36 Å². The first-order valence-electron chi connectivity index (χ1n) is 6.42. The minimum absolute atomic E-state index is 0.984. The van der Waals surface area contributed by atoms with Crippen molar-refractivity contribution in [2.24, 2.45) is 0 Å². The maximum Gasteiger partial charge on any atom is 0.202 e. The number of unbranched alkanes of at least 4 members (excludes halogenated alkanes) is 3. The third-order valence-electron chi connectivity index (χ3n) is 2.49. The van der Waals surface area contributed by atoms with Gasteiger partial charge in [-0.1, -0.05) is 19.8 Å². The molecule has 3 nitrogen and oxygen atoms in total. The summed E-state index contributed by atoms with van der Waals surface area (Å²) in [4.78, 5) is 4.44. The molecule has 0 aliphatic heterocycles. The zero-order chi connectivity index (χ0) is 12.3. The van der Waals surface area contributed by atoms with Crippen molar-refractivity contribution < 1.29 is 0 Å². The highest BCUT2D eigenvalue weighted by Gasteiger charge is 2.01. The van der Waals surface area contributed by atoms with Gasteiger partial charge in [-0.05, 0) is 31.3 Å². The van der Waals surface area contributed by atoms with Crippen LogP contribution in [0.3, 0.4) is 0 Å². The molecule has 0 radical (unpaired) electrons. The molecule has 1 N–H and O–H groups in total. The van der Waals surface area contributed by atoms with Crippen molar-refractivity contribution >= 4 is 28.4 Å². The lowest BCUT2D eigenvalue weighted by Gasteiger charge is -2.01. The lowest BCUT2D eigenvalue weighted by molar-refractivity contribution is 0.689. The van der Waals surface area contributed by atoms with E-state index >= 15 is 0 Å². The van der Waals surface area contributed by atoms with Gasteiger partial charge in [-0.2, -0.15) is 16.1 Å². The van der Waals surface area contributed by atoms with Gasteiger partial charge in [0.2, 0.25) is 5.13 Å². The fourth-order valence-electron chi connectivity index (χ4n) is 1.57. The Labute approximate surface area is 113 Å². The van der Waals surface area contributed by atoms with Crippen LogP contribution in [0.15, 0.2) is 0 Å². The SMILES string of the molecule is CCCc1nsc(NCCCCCCSC)n1. The first-order valence-corrected chi connectivity index (χ1v) is 8.59. The van der Waals surface area contributed by atoms with Crippen molar-refractivity contribution in [2.45, 2.75) is 45.4 Å². The molecular formula is C12H23N3S2. The molecule has 1 aromatic rings.